The van der Waals surface area contributed by atoms with Crippen molar-refractivity contribution in [3.8, 4) is 0 Å². The number of hydrogen-bond acceptors (Lipinski definition) is 5. The zero-order valence-corrected chi connectivity index (χ0v) is 21.1. The number of hydrogen-bond donors (Lipinski definition) is 2. The molecule has 0 atom stereocenters. The normalized spacial score (nSPS) is 25.9. The van der Waals surface area contributed by atoms with Crippen LogP contribution < -0.4 is 10.6 Å². The molecule has 0 bridgehead atoms. The summed E-state index contributed by atoms with van der Waals surface area (Å²) in [6.45, 7) is 4.70. The molecule has 0 unspecified atom stereocenters. The number of sulfonamides is 1. The highest BCUT2D eigenvalue weighted by atomic mass is 35.5. The van der Waals surface area contributed by atoms with Gasteiger partial charge in [-0.1, -0.05) is 31.4 Å². The molecule has 2 heterocycles. The highest BCUT2D eigenvalue weighted by molar-refractivity contribution is 7.92. The molecule has 1 amide bonds. The van der Waals surface area contributed by atoms with Gasteiger partial charge in [0.05, 0.1) is 5.02 Å². The Bertz CT molecular complexity index is 1060. The van der Waals surface area contributed by atoms with Crippen LogP contribution in [0.5, 0.6) is 0 Å². The summed E-state index contributed by atoms with van der Waals surface area (Å²) in [5, 5.41) is 7.77. The van der Waals surface area contributed by atoms with Gasteiger partial charge in [-0.15, -0.1) is 0 Å². The minimum atomic E-state index is -3.64. The quantitative estimate of drug-likeness (QED) is 0.645. The van der Waals surface area contributed by atoms with Crippen LogP contribution in [0.15, 0.2) is 22.5 Å². The van der Waals surface area contributed by atoms with Gasteiger partial charge in [0.25, 0.3) is 5.91 Å². The lowest BCUT2D eigenvalue weighted by Gasteiger charge is -2.34. The Kier molecular flexibility index (Phi) is 6.90. The van der Waals surface area contributed by atoms with Gasteiger partial charge in [0.2, 0.25) is 10.0 Å². The Labute approximate surface area is 201 Å². The first-order chi connectivity index (χ1) is 15.6. The maximum atomic E-state index is 13.0. The van der Waals surface area contributed by atoms with Gasteiger partial charge in [0.1, 0.15) is 11.4 Å². The van der Waals surface area contributed by atoms with Crippen LogP contribution in [0, 0.1) is 18.8 Å². The lowest BCUT2D eigenvalue weighted by molar-refractivity contribution is -0.124. The second-order valence-corrected chi connectivity index (χ2v) is 11.9. The van der Waals surface area contributed by atoms with Crippen molar-refractivity contribution in [1.82, 2.24) is 9.62 Å². The molecule has 7 nitrogen and oxygen atoms in total. The standard InChI is InChI=1S/C24H33ClN4O3S/c1-16-4-6-18(7-5-16)22-27-23(30)24(28-22)9-11-29(12-10-24)33(31,32)13-8-20-17(2)14-19(26-3)15-21(20)25/h8,13-16,18,26H,4-7,9-12H2,1-3H3,(H,27,28,30)/b13-8+. The van der Waals surface area contributed by atoms with Crippen molar-refractivity contribution in [2.75, 3.05) is 25.5 Å². The molecule has 0 radical (unpaired) electrons. The second-order valence-electron chi connectivity index (χ2n) is 9.62. The summed E-state index contributed by atoms with van der Waals surface area (Å²) >= 11 is 6.35. The van der Waals surface area contributed by atoms with Crippen LogP contribution in [0.3, 0.4) is 0 Å². The largest absolute Gasteiger partial charge is 0.388 e. The molecule has 2 N–H and O–H groups in total. The molecule has 1 aromatic carbocycles. The maximum Gasteiger partial charge on any atom is 0.253 e. The number of amidine groups is 1. The van der Waals surface area contributed by atoms with Crippen molar-refractivity contribution in [2.45, 2.75) is 57.9 Å². The van der Waals surface area contributed by atoms with E-state index in [9.17, 15) is 13.2 Å². The van der Waals surface area contributed by atoms with Crippen molar-refractivity contribution >= 4 is 45.1 Å². The van der Waals surface area contributed by atoms with Crippen molar-refractivity contribution in [3.63, 3.8) is 0 Å². The number of nitrogens with zero attached hydrogens (tertiary/aromatic N) is 2. The highest BCUT2D eigenvalue weighted by Crippen LogP contribution is 2.36. The zero-order chi connectivity index (χ0) is 23.8. The van der Waals surface area contributed by atoms with Crippen molar-refractivity contribution in [2.24, 2.45) is 16.8 Å². The van der Waals surface area contributed by atoms with E-state index in [0.29, 0.717) is 29.3 Å². The van der Waals surface area contributed by atoms with E-state index in [0.717, 1.165) is 48.7 Å². The number of rotatable bonds is 5. The lowest BCUT2D eigenvalue weighted by Crippen LogP contribution is -2.50. The van der Waals surface area contributed by atoms with Gasteiger partial charge >= 0.3 is 0 Å². The van der Waals surface area contributed by atoms with Crippen LogP contribution in [0.2, 0.25) is 5.02 Å². The fraction of sp³-hybridized carbons (Fsp3) is 0.583. The minimum Gasteiger partial charge on any atom is -0.388 e. The molecular formula is C24H33ClN4O3S. The van der Waals surface area contributed by atoms with Gasteiger partial charge in [0.15, 0.2) is 0 Å². The number of nitrogens with one attached hydrogen (secondary N) is 2. The van der Waals surface area contributed by atoms with E-state index in [-0.39, 0.29) is 19.0 Å². The Morgan fingerprint density at radius 3 is 2.48 bits per heavy atom. The molecule has 2 aliphatic heterocycles. The third kappa shape index (κ3) is 4.98. The number of carbonyl (C=O) groups excluding carboxylic acids is 1. The van der Waals surface area contributed by atoms with Crippen molar-refractivity contribution < 1.29 is 13.2 Å². The number of amides is 1. The number of aliphatic imine (C=N–C) groups is 1. The summed E-state index contributed by atoms with van der Waals surface area (Å²) in [6, 6.07) is 3.69. The smallest absolute Gasteiger partial charge is 0.253 e. The van der Waals surface area contributed by atoms with Gasteiger partial charge in [-0.25, -0.2) is 8.42 Å². The summed E-state index contributed by atoms with van der Waals surface area (Å²) < 4.78 is 27.4. The van der Waals surface area contributed by atoms with Gasteiger partial charge in [-0.05, 0) is 67.9 Å². The number of benzene rings is 1. The van der Waals surface area contributed by atoms with E-state index in [4.69, 9.17) is 16.6 Å². The molecule has 1 saturated heterocycles. The molecule has 1 aliphatic carbocycles. The molecule has 2 fully saturated rings. The summed E-state index contributed by atoms with van der Waals surface area (Å²) in [5.74, 6) is 1.79. The fourth-order valence-corrected chi connectivity index (χ4v) is 6.57. The van der Waals surface area contributed by atoms with Crippen molar-refractivity contribution in [3.05, 3.63) is 33.7 Å². The molecule has 3 aliphatic rings. The molecule has 180 valence electrons. The minimum absolute atomic E-state index is 0.0734. The molecule has 1 spiro atoms. The van der Waals surface area contributed by atoms with E-state index in [1.807, 2.05) is 13.0 Å². The Morgan fingerprint density at radius 2 is 1.88 bits per heavy atom. The molecule has 1 aromatic rings. The number of carbonyl (C=O) groups is 1. The van der Waals surface area contributed by atoms with Crippen LogP contribution in [0.25, 0.3) is 6.08 Å². The van der Waals surface area contributed by atoms with Crippen LogP contribution in [0.4, 0.5) is 5.69 Å². The van der Waals surface area contributed by atoms with Gasteiger partial charge in [-0.2, -0.15) is 4.31 Å². The third-order valence-electron chi connectivity index (χ3n) is 7.34. The van der Waals surface area contributed by atoms with E-state index >= 15 is 0 Å². The van der Waals surface area contributed by atoms with E-state index < -0.39 is 15.6 Å². The van der Waals surface area contributed by atoms with E-state index in [1.54, 1.807) is 19.2 Å². The topological polar surface area (TPSA) is 90.9 Å². The van der Waals surface area contributed by atoms with Crippen LogP contribution in [-0.4, -0.2) is 50.1 Å². The van der Waals surface area contributed by atoms with Gasteiger partial charge in [-0.3, -0.25) is 9.79 Å². The number of aryl methyl sites for hydroxylation is 1. The van der Waals surface area contributed by atoms with E-state index in [1.165, 1.54) is 9.71 Å². The van der Waals surface area contributed by atoms with Crippen molar-refractivity contribution in [1.29, 1.82) is 0 Å². The van der Waals surface area contributed by atoms with Crippen LogP contribution in [-0.2, 0) is 14.8 Å². The monoisotopic (exact) mass is 492 g/mol. The summed E-state index contributed by atoms with van der Waals surface area (Å²) in [4.78, 5) is 17.7. The Morgan fingerprint density at radius 1 is 1.21 bits per heavy atom. The van der Waals surface area contributed by atoms with Crippen LogP contribution in [0.1, 0.15) is 56.6 Å². The summed E-state index contributed by atoms with van der Waals surface area (Å²) in [6.07, 6.45) is 6.78. The first kappa shape index (κ1) is 24.2. The third-order valence-corrected chi connectivity index (χ3v) is 9.22. The highest BCUT2D eigenvalue weighted by Gasteiger charge is 2.48. The SMILES string of the molecule is CNc1cc(C)c(/C=C/S(=O)(=O)N2CCC3(CC2)N=C(C2CCC(C)CC2)NC3=O)c(Cl)c1. The maximum absolute atomic E-state index is 13.0. The molecule has 1 saturated carbocycles. The molecule has 33 heavy (non-hydrogen) atoms. The zero-order valence-electron chi connectivity index (χ0n) is 19.5. The predicted molar refractivity (Wildman–Crippen MR) is 134 cm³/mol. The van der Waals surface area contributed by atoms with Gasteiger partial charge in [0, 0.05) is 37.2 Å². The number of halogens is 1. The number of piperidine rings is 1. The molecule has 4 rings (SSSR count). The first-order valence-corrected chi connectivity index (χ1v) is 13.6. The lowest BCUT2D eigenvalue weighted by atomic mass is 9.82. The molecule has 0 aromatic heterocycles. The van der Waals surface area contributed by atoms with E-state index in [2.05, 4.69) is 17.6 Å². The summed E-state index contributed by atoms with van der Waals surface area (Å²) in [5.41, 5.74) is 1.62. The Balaban J connectivity index is 1.44. The predicted octanol–water partition coefficient (Wildman–Crippen LogP) is 4.18. The van der Waals surface area contributed by atoms with Gasteiger partial charge < -0.3 is 10.6 Å². The van der Waals surface area contributed by atoms with Crippen LogP contribution >= 0.6 is 11.6 Å². The fourth-order valence-electron chi connectivity index (χ4n) is 5.07. The first-order valence-electron chi connectivity index (χ1n) is 11.7. The number of anilines is 1. The average molecular weight is 493 g/mol. The average Bonchev–Trinajstić information content (AvgIpc) is 3.09. The Hall–Kier alpha value is -1.90. The molecule has 9 heteroatoms. The second kappa shape index (κ2) is 9.39. The molecular weight excluding hydrogens is 460 g/mol. The summed E-state index contributed by atoms with van der Waals surface area (Å²) in [7, 11) is -1.83.